The topological polar surface area (TPSA) is 66.4 Å². The van der Waals surface area contributed by atoms with Crippen molar-refractivity contribution in [2.45, 2.75) is 36.3 Å². The van der Waals surface area contributed by atoms with Crippen molar-refractivity contribution in [3.63, 3.8) is 0 Å². The number of thiophene rings is 1. The van der Waals surface area contributed by atoms with Crippen molar-refractivity contribution in [3.05, 3.63) is 52.0 Å². The van der Waals surface area contributed by atoms with Gasteiger partial charge in [-0.15, -0.1) is 11.3 Å². The summed E-state index contributed by atoms with van der Waals surface area (Å²) >= 11 is 1.49. The number of rotatable bonds is 6. The summed E-state index contributed by atoms with van der Waals surface area (Å²) in [4.78, 5) is 1.97. The predicted molar refractivity (Wildman–Crippen MR) is 82.6 cm³/mol. The van der Waals surface area contributed by atoms with Crippen molar-refractivity contribution < 1.29 is 17.9 Å². The Bertz CT molecular complexity index is 764. The molecule has 7 heteroatoms. The molecule has 0 radical (unpaired) electrons. The van der Waals surface area contributed by atoms with E-state index in [1.807, 2.05) is 12.1 Å². The van der Waals surface area contributed by atoms with E-state index in [2.05, 4.69) is 4.72 Å². The van der Waals surface area contributed by atoms with Crippen LogP contribution in [0.5, 0.6) is 0 Å². The first kappa shape index (κ1) is 15.6. The van der Waals surface area contributed by atoms with Crippen LogP contribution in [0.4, 0.5) is 4.39 Å². The number of hydrogen-bond acceptors (Lipinski definition) is 4. The number of benzene rings is 1. The van der Waals surface area contributed by atoms with Gasteiger partial charge in [-0.2, -0.15) is 0 Å². The van der Waals surface area contributed by atoms with Crippen molar-refractivity contribution in [1.82, 2.24) is 4.72 Å². The molecule has 3 rings (SSSR count). The van der Waals surface area contributed by atoms with Crippen LogP contribution in [0.15, 0.2) is 41.3 Å². The van der Waals surface area contributed by atoms with Gasteiger partial charge in [-0.05, 0) is 49.2 Å². The van der Waals surface area contributed by atoms with E-state index in [1.165, 1.54) is 23.5 Å². The normalized spacial score (nSPS) is 16.6. The van der Waals surface area contributed by atoms with E-state index in [4.69, 9.17) is 0 Å². The Labute approximate surface area is 132 Å². The van der Waals surface area contributed by atoms with Gasteiger partial charge in [0.05, 0.1) is 10.5 Å². The van der Waals surface area contributed by atoms with Gasteiger partial charge in [-0.25, -0.2) is 17.5 Å². The van der Waals surface area contributed by atoms with Crippen molar-refractivity contribution in [2.75, 3.05) is 0 Å². The van der Waals surface area contributed by atoms with Crippen molar-refractivity contribution in [1.29, 1.82) is 0 Å². The van der Waals surface area contributed by atoms with Gasteiger partial charge in [0.15, 0.2) is 0 Å². The van der Waals surface area contributed by atoms with Crippen LogP contribution in [0, 0.1) is 5.82 Å². The Hall–Kier alpha value is -1.28. The summed E-state index contributed by atoms with van der Waals surface area (Å²) in [6.45, 7) is 0.183. The van der Waals surface area contributed by atoms with E-state index in [-0.39, 0.29) is 11.4 Å². The minimum atomic E-state index is -3.65. The Morgan fingerprint density at radius 3 is 2.41 bits per heavy atom. The van der Waals surface area contributed by atoms with Crippen LogP contribution in [-0.4, -0.2) is 19.1 Å². The van der Waals surface area contributed by atoms with Gasteiger partial charge in [0, 0.05) is 22.7 Å². The third-order valence-electron chi connectivity index (χ3n) is 3.61. The standard InChI is InChI=1S/C15H16FNO3S2/c16-11-1-5-14(6-2-11)22(19,20)17-10-13-4-3-12(21-13)9-15(18)7-8-15/h1-6,17-18H,7-10H2. The minimum Gasteiger partial charge on any atom is -0.390 e. The maximum atomic E-state index is 12.8. The zero-order chi connectivity index (χ0) is 15.8. The second-order valence-corrected chi connectivity index (χ2v) is 8.57. The Balaban J connectivity index is 1.63. The molecule has 0 spiro atoms. The van der Waals surface area contributed by atoms with Crippen LogP contribution in [0.25, 0.3) is 0 Å². The van der Waals surface area contributed by atoms with Gasteiger partial charge in [-0.3, -0.25) is 0 Å². The molecule has 1 heterocycles. The first-order chi connectivity index (χ1) is 10.4. The summed E-state index contributed by atoms with van der Waals surface area (Å²) in [5, 5.41) is 9.89. The fraction of sp³-hybridized carbons (Fsp3) is 0.333. The van der Waals surface area contributed by atoms with E-state index in [0.29, 0.717) is 6.42 Å². The summed E-state index contributed by atoms with van der Waals surface area (Å²) in [7, 11) is -3.65. The number of nitrogens with one attached hydrogen (secondary N) is 1. The average molecular weight is 341 g/mol. The maximum Gasteiger partial charge on any atom is 0.240 e. The smallest absolute Gasteiger partial charge is 0.240 e. The molecule has 0 amide bonds. The number of halogens is 1. The summed E-state index contributed by atoms with van der Waals surface area (Å²) in [6, 6.07) is 8.49. The molecule has 22 heavy (non-hydrogen) atoms. The third kappa shape index (κ3) is 3.73. The van der Waals surface area contributed by atoms with Crippen LogP contribution < -0.4 is 4.72 Å². The maximum absolute atomic E-state index is 12.8. The van der Waals surface area contributed by atoms with Gasteiger partial charge in [0.1, 0.15) is 5.82 Å². The van der Waals surface area contributed by atoms with Crippen LogP contribution >= 0.6 is 11.3 Å². The van der Waals surface area contributed by atoms with Gasteiger partial charge in [0.2, 0.25) is 10.0 Å². The van der Waals surface area contributed by atoms with E-state index >= 15 is 0 Å². The van der Waals surface area contributed by atoms with E-state index < -0.39 is 21.4 Å². The zero-order valence-corrected chi connectivity index (χ0v) is 13.4. The van der Waals surface area contributed by atoms with Crippen molar-refractivity contribution in [3.8, 4) is 0 Å². The average Bonchev–Trinajstić information content (AvgIpc) is 3.02. The predicted octanol–water partition coefficient (Wildman–Crippen LogP) is 2.43. The lowest BCUT2D eigenvalue weighted by atomic mass is 10.2. The molecule has 1 aliphatic rings. The first-order valence-corrected chi connectivity index (χ1v) is 9.22. The molecule has 1 aromatic heterocycles. The molecular formula is C15H16FNO3S2. The monoisotopic (exact) mass is 341 g/mol. The van der Waals surface area contributed by atoms with Crippen LogP contribution in [-0.2, 0) is 23.0 Å². The minimum absolute atomic E-state index is 0.0398. The summed E-state index contributed by atoms with van der Waals surface area (Å²) in [5.41, 5.74) is -0.546. The second kappa shape index (κ2) is 5.73. The third-order valence-corrected chi connectivity index (χ3v) is 6.11. The molecule has 1 aromatic carbocycles. The molecular weight excluding hydrogens is 325 g/mol. The number of hydrogen-bond donors (Lipinski definition) is 2. The summed E-state index contributed by atoms with van der Waals surface area (Å²) in [5.74, 6) is -0.472. The summed E-state index contributed by atoms with van der Waals surface area (Å²) in [6.07, 6.45) is 2.29. The molecule has 0 aliphatic heterocycles. The van der Waals surface area contributed by atoms with Gasteiger partial charge in [0.25, 0.3) is 0 Å². The van der Waals surface area contributed by atoms with Crippen LogP contribution in [0.1, 0.15) is 22.6 Å². The van der Waals surface area contributed by atoms with Crippen LogP contribution in [0.2, 0.25) is 0 Å². The lowest BCUT2D eigenvalue weighted by molar-refractivity contribution is 0.152. The SMILES string of the molecule is O=S(=O)(NCc1ccc(CC2(O)CC2)s1)c1ccc(F)cc1. The van der Waals surface area contributed by atoms with E-state index in [0.717, 1.165) is 34.7 Å². The fourth-order valence-corrected chi connectivity index (χ4v) is 4.31. The van der Waals surface area contributed by atoms with E-state index in [9.17, 15) is 17.9 Å². The van der Waals surface area contributed by atoms with Crippen LogP contribution in [0.3, 0.4) is 0 Å². The van der Waals surface area contributed by atoms with Gasteiger partial charge in [-0.1, -0.05) is 0 Å². The Kier molecular flexibility index (Phi) is 4.07. The molecule has 1 aliphatic carbocycles. The molecule has 118 valence electrons. The number of aliphatic hydroxyl groups is 1. The van der Waals surface area contributed by atoms with E-state index in [1.54, 1.807) is 0 Å². The Morgan fingerprint density at radius 2 is 1.77 bits per heavy atom. The zero-order valence-electron chi connectivity index (χ0n) is 11.8. The lowest BCUT2D eigenvalue weighted by Gasteiger charge is -2.06. The van der Waals surface area contributed by atoms with Crippen molar-refractivity contribution >= 4 is 21.4 Å². The quantitative estimate of drug-likeness (QED) is 0.848. The first-order valence-electron chi connectivity index (χ1n) is 6.92. The molecule has 0 saturated heterocycles. The molecule has 0 unspecified atom stereocenters. The highest BCUT2D eigenvalue weighted by molar-refractivity contribution is 7.89. The fourth-order valence-electron chi connectivity index (χ4n) is 2.12. The number of sulfonamides is 1. The molecule has 0 bridgehead atoms. The highest BCUT2D eigenvalue weighted by atomic mass is 32.2. The molecule has 0 atom stereocenters. The van der Waals surface area contributed by atoms with Gasteiger partial charge >= 0.3 is 0 Å². The molecule has 1 fully saturated rings. The molecule has 4 nitrogen and oxygen atoms in total. The summed E-state index contributed by atoms with van der Waals surface area (Å²) < 4.78 is 39.5. The molecule has 1 saturated carbocycles. The molecule has 2 N–H and O–H groups in total. The largest absolute Gasteiger partial charge is 0.390 e. The molecule has 2 aromatic rings. The highest BCUT2D eigenvalue weighted by Gasteiger charge is 2.40. The lowest BCUT2D eigenvalue weighted by Crippen LogP contribution is -2.22. The Morgan fingerprint density at radius 1 is 1.14 bits per heavy atom. The van der Waals surface area contributed by atoms with Gasteiger partial charge < -0.3 is 5.11 Å². The van der Waals surface area contributed by atoms with Crippen molar-refractivity contribution in [2.24, 2.45) is 0 Å². The second-order valence-electron chi connectivity index (χ2n) is 5.55. The highest BCUT2D eigenvalue weighted by Crippen LogP contribution is 2.39.